The van der Waals surface area contributed by atoms with Crippen LogP contribution in [0.1, 0.15) is 12.5 Å². The number of benzene rings is 1. The average Bonchev–Trinajstić information content (AvgIpc) is 3.24. The highest BCUT2D eigenvalue weighted by Crippen LogP contribution is 2.25. The number of nitrogens with zero attached hydrogens (tertiary/aromatic N) is 3. The summed E-state index contributed by atoms with van der Waals surface area (Å²) in [5.41, 5.74) is 1.47. The van der Waals surface area contributed by atoms with Crippen molar-refractivity contribution < 1.29 is 23.6 Å². The summed E-state index contributed by atoms with van der Waals surface area (Å²) in [4.78, 5) is 29.0. The smallest absolute Gasteiger partial charge is 0.414 e. The van der Waals surface area contributed by atoms with Gasteiger partial charge in [0, 0.05) is 24.9 Å². The van der Waals surface area contributed by atoms with Crippen LogP contribution in [0.5, 0.6) is 0 Å². The zero-order valence-electron chi connectivity index (χ0n) is 14.9. The maximum Gasteiger partial charge on any atom is 0.414 e. The summed E-state index contributed by atoms with van der Waals surface area (Å²) in [7, 11) is 1.44. The number of ether oxygens (including phenoxy) is 1. The molecule has 1 saturated heterocycles. The molecule has 0 radical (unpaired) electrons. The van der Waals surface area contributed by atoms with Crippen LogP contribution >= 0.6 is 0 Å². The predicted octanol–water partition coefficient (Wildman–Crippen LogP) is 2.06. The Labute approximate surface area is 155 Å². The molecule has 8 nitrogen and oxygen atoms in total. The Morgan fingerprint density at radius 3 is 3.00 bits per heavy atom. The van der Waals surface area contributed by atoms with Crippen LogP contribution in [-0.4, -0.2) is 49.1 Å². The van der Waals surface area contributed by atoms with Crippen molar-refractivity contribution >= 4 is 23.9 Å². The molecule has 2 heterocycles. The first-order valence-corrected chi connectivity index (χ1v) is 8.25. The van der Waals surface area contributed by atoms with E-state index in [9.17, 15) is 14.0 Å². The molecule has 27 heavy (non-hydrogen) atoms. The van der Waals surface area contributed by atoms with E-state index in [1.807, 2.05) is 0 Å². The van der Waals surface area contributed by atoms with E-state index in [1.54, 1.807) is 35.2 Å². The van der Waals surface area contributed by atoms with Gasteiger partial charge in [0.2, 0.25) is 5.91 Å². The molecule has 3 rings (SSSR count). The Kier molecular flexibility index (Phi) is 5.39. The molecule has 0 spiro atoms. The number of cyclic esters (lactones) is 1. The average molecular weight is 374 g/mol. The molecule has 142 valence electrons. The molecule has 0 bridgehead atoms. The fraction of sp³-hybridized carbons (Fsp3) is 0.278. The fourth-order valence-electron chi connectivity index (χ4n) is 2.72. The number of hydrogen-bond donors (Lipinski definition) is 1. The fourth-order valence-corrected chi connectivity index (χ4v) is 2.72. The van der Waals surface area contributed by atoms with Crippen molar-refractivity contribution in [3.63, 3.8) is 0 Å². The normalized spacial score (nSPS) is 16.6. The molecule has 1 aromatic carbocycles. The van der Waals surface area contributed by atoms with E-state index in [2.05, 4.69) is 15.3 Å². The van der Waals surface area contributed by atoms with Gasteiger partial charge in [-0.25, -0.2) is 9.18 Å². The highest BCUT2D eigenvalue weighted by Gasteiger charge is 2.32. The van der Waals surface area contributed by atoms with Gasteiger partial charge in [-0.3, -0.25) is 9.69 Å². The summed E-state index contributed by atoms with van der Waals surface area (Å²) >= 11 is 0. The number of anilines is 1. The summed E-state index contributed by atoms with van der Waals surface area (Å²) in [6, 6.07) is 6.26. The SMILES string of the molecule is CO/N=C/c1ccn(-c2ccc(N3C[C@H](CNC(C)=O)OC3=O)cc2F)c1. The summed E-state index contributed by atoms with van der Waals surface area (Å²) in [5.74, 6) is -0.696. The molecule has 2 aromatic rings. The highest BCUT2D eigenvalue weighted by atomic mass is 19.1. The van der Waals surface area contributed by atoms with Gasteiger partial charge in [-0.1, -0.05) is 5.16 Å². The summed E-state index contributed by atoms with van der Waals surface area (Å²) in [5, 5.41) is 6.26. The number of carbonyl (C=O) groups excluding carboxylic acids is 2. The minimum atomic E-state index is -0.573. The molecular formula is C18H19FN4O4. The Bertz CT molecular complexity index is 880. The number of aromatic nitrogens is 1. The first-order chi connectivity index (χ1) is 13.0. The molecular weight excluding hydrogens is 355 g/mol. The van der Waals surface area contributed by atoms with Gasteiger partial charge in [0.05, 0.1) is 30.7 Å². The Morgan fingerprint density at radius 1 is 1.48 bits per heavy atom. The first-order valence-electron chi connectivity index (χ1n) is 8.25. The molecule has 9 heteroatoms. The number of rotatable bonds is 6. The van der Waals surface area contributed by atoms with Crippen LogP contribution < -0.4 is 10.2 Å². The maximum atomic E-state index is 14.6. The van der Waals surface area contributed by atoms with Crippen LogP contribution in [0.4, 0.5) is 14.9 Å². The standard InChI is InChI=1S/C18H19FN4O4/c1-12(24)20-9-15-11-23(18(25)27-15)14-3-4-17(16(19)7-14)22-6-5-13(10-22)8-21-26-2/h3-8,10,15H,9,11H2,1-2H3,(H,20,24)/b21-8+/t15-/m0/s1. The van der Waals surface area contributed by atoms with Crippen LogP contribution in [0, 0.1) is 5.82 Å². The minimum absolute atomic E-state index is 0.207. The van der Waals surface area contributed by atoms with Crippen LogP contribution in [0.3, 0.4) is 0 Å². The van der Waals surface area contributed by atoms with Crippen molar-refractivity contribution in [2.45, 2.75) is 13.0 Å². The van der Waals surface area contributed by atoms with Gasteiger partial charge in [-0.2, -0.15) is 0 Å². The minimum Gasteiger partial charge on any atom is -0.442 e. The van der Waals surface area contributed by atoms with Crippen molar-refractivity contribution in [3.05, 3.63) is 48.0 Å². The van der Waals surface area contributed by atoms with E-state index in [0.717, 1.165) is 5.56 Å². The quantitative estimate of drug-likeness (QED) is 0.620. The van der Waals surface area contributed by atoms with Gasteiger partial charge in [-0.05, 0) is 24.3 Å². The highest BCUT2D eigenvalue weighted by molar-refractivity contribution is 5.90. The number of carbonyl (C=O) groups is 2. The lowest BCUT2D eigenvalue weighted by Crippen LogP contribution is -2.33. The first kappa shape index (κ1) is 18.4. The van der Waals surface area contributed by atoms with Crippen LogP contribution in [0.2, 0.25) is 0 Å². The molecule has 0 aliphatic carbocycles. The molecule has 1 fully saturated rings. The van der Waals surface area contributed by atoms with E-state index in [4.69, 9.17) is 4.74 Å². The largest absolute Gasteiger partial charge is 0.442 e. The van der Waals surface area contributed by atoms with Crippen LogP contribution in [0.25, 0.3) is 5.69 Å². The maximum absolute atomic E-state index is 14.6. The van der Waals surface area contributed by atoms with Crippen LogP contribution in [-0.2, 0) is 14.4 Å². The van der Waals surface area contributed by atoms with Crippen molar-refractivity contribution in [3.8, 4) is 5.69 Å². The van der Waals surface area contributed by atoms with Gasteiger partial charge in [0.25, 0.3) is 0 Å². The number of nitrogens with one attached hydrogen (secondary N) is 1. The van der Waals surface area contributed by atoms with Gasteiger partial charge in [0.15, 0.2) is 0 Å². The lowest BCUT2D eigenvalue weighted by Gasteiger charge is -2.14. The van der Waals surface area contributed by atoms with E-state index >= 15 is 0 Å². The van der Waals surface area contributed by atoms with Gasteiger partial charge in [-0.15, -0.1) is 0 Å². The van der Waals surface area contributed by atoms with Crippen LogP contribution in [0.15, 0.2) is 41.8 Å². The zero-order chi connectivity index (χ0) is 19.4. The second kappa shape index (κ2) is 7.90. The Hall–Kier alpha value is -3.36. The second-order valence-electron chi connectivity index (χ2n) is 5.96. The molecule has 0 saturated carbocycles. The molecule has 1 atom stereocenters. The number of halogens is 1. The summed E-state index contributed by atoms with van der Waals surface area (Å²) < 4.78 is 21.4. The summed E-state index contributed by atoms with van der Waals surface area (Å²) in [6.07, 6.45) is 3.86. The van der Waals surface area contributed by atoms with Gasteiger partial charge in [0.1, 0.15) is 19.0 Å². The molecule has 1 N–H and O–H groups in total. The van der Waals surface area contributed by atoms with E-state index < -0.39 is 18.0 Å². The zero-order valence-corrected chi connectivity index (χ0v) is 14.9. The number of amides is 2. The van der Waals surface area contributed by atoms with Crippen molar-refractivity contribution in [2.24, 2.45) is 5.16 Å². The monoisotopic (exact) mass is 374 g/mol. The van der Waals surface area contributed by atoms with Crippen molar-refractivity contribution in [1.82, 2.24) is 9.88 Å². The van der Waals surface area contributed by atoms with Crippen molar-refractivity contribution in [2.75, 3.05) is 25.1 Å². The third-order valence-electron chi connectivity index (χ3n) is 4.00. The lowest BCUT2D eigenvalue weighted by atomic mass is 10.2. The molecule has 1 aromatic heterocycles. The third-order valence-corrected chi connectivity index (χ3v) is 4.00. The van der Waals surface area contributed by atoms with Crippen molar-refractivity contribution in [1.29, 1.82) is 0 Å². The molecule has 0 unspecified atom stereocenters. The lowest BCUT2D eigenvalue weighted by molar-refractivity contribution is -0.119. The topological polar surface area (TPSA) is 85.2 Å². The van der Waals surface area contributed by atoms with Gasteiger partial charge < -0.3 is 19.5 Å². The Balaban J connectivity index is 1.75. The van der Waals surface area contributed by atoms with E-state index in [1.165, 1.54) is 31.2 Å². The van der Waals surface area contributed by atoms with E-state index in [0.29, 0.717) is 11.4 Å². The molecule has 1 aliphatic rings. The number of oxime groups is 1. The molecule has 2 amide bonds. The predicted molar refractivity (Wildman–Crippen MR) is 96.6 cm³/mol. The Morgan fingerprint density at radius 2 is 2.30 bits per heavy atom. The second-order valence-corrected chi connectivity index (χ2v) is 5.96. The third kappa shape index (κ3) is 4.25. The number of hydrogen-bond acceptors (Lipinski definition) is 5. The van der Waals surface area contributed by atoms with E-state index in [-0.39, 0.29) is 19.0 Å². The summed E-state index contributed by atoms with van der Waals surface area (Å²) in [6.45, 7) is 1.84. The molecule has 1 aliphatic heterocycles. The van der Waals surface area contributed by atoms with Gasteiger partial charge >= 0.3 is 6.09 Å².